The number of hydrogen-bond donors (Lipinski definition) is 0. The SMILES string of the molecule is C1=C=Nc2cccnc2C=1.CC.CC. The maximum Gasteiger partial charge on any atom is 0.100 e. The highest BCUT2D eigenvalue weighted by Crippen LogP contribution is 2.17. The van der Waals surface area contributed by atoms with Crippen LogP contribution in [0.1, 0.15) is 33.4 Å². The smallest absolute Gasteiger partial charge is 0.100 e. The molecular formula is C12H16N2. The van der Waals surface area contributed by atoms with Crippen molar-refractivity contribution in [1.82, 2.24) is 4.98 Å². The Morgan fingerprint density at radius 1 is 1.14 bits per heavy atom. The average Bonchev–Trinajstić information content (AvgIpc) is 2.34. The lowest BCUT2D eigenvalue weighted by atomic mass is 10.3. The Bertz CT molecular complexity index is 319. The molecule has 0 atom stereocenters. The predicted molar refractivity (Wildman–Crippen MR) is 62.0 cm³/mol. The molecule has 2 rings (SSSR count). The molecule has 0 aliphatic carbocycles. The fourth-order valence-corrected chi connectivity index (χ4v) is 0.808. The topological polar surface area (TPSA) is 25.2 Å². The van der Waals surface area contributed by atoms with Crippen LogP contribution in [0.2, 0.25) is 0 Å². The van der Waals surface area contributed by atoms with Crippen LogP contribution in [-0.2, 0) is 0 Å². The van der Waals surface area contributed by atoms with Crippen molar-refractivity contribution in [3.05, 3.63) is 29.8 Å². The molecule has 2 heteroatoms. The summed E-state index contributed by atoms with van der Waals surface area (Å²) in [5, 5.41) is 0. The maximum absolute atomic E-state index is 4.07. The van der Waals surface area contributed by atoms with Gasteiger partial charge in [-0.1, -0.05) is 27.7 Å². The molecule has 0 spiro atoms. The molecule has 0 bridgehead atoms. The number of fused-ring (bicyclic) bond motifs is 1. The fraction of sp³-hybridized carbons (Fsp3) is 0.333. The van der Waals surface area contributed by atoms with Crippen LogP contribution in [0.5, 0.6) is 0 Å². The molecule has 1 aliphatic rings. The van der Waals surface area contributed by atoms with Gasteiger partial charge in [0.25, 0.3) is 0 Å². The summed E-state index contributed by atoms with van der Waals surface area (Å²) in [5.41, 5.74) is 4.46. The highest BCUT2D eigenvalue weighted by atomic mass is 14.8. The van der Waals surface area contributed by atoms with Gasteiger partial charge in [0, 0.05) is 18.1 Å². The first kappa shape index (κ1) is 12.4. The van der Waals surface area contributed by atoms with Gasteiger partial charge in [-0.25, -0.2) is 0 Å². The number of hydrogen-bond acceptors (Lipinski definition) is 2. The number of aliphatic imine (C=N–C) groups is 1. The molecule has 1 aromatic rings. The Labute approximate surface area is 85.7 Å². The van der Waals surface area contributed by atoms with Gasteiger partial charge in [-0.05, 0) is 17.9 Å². The maximum atomic E-state index is 4.07. The summed E-state index contributed by atoms with van der Waals surface area (Å²) < 4.78 is 0. The van der Waals surface area contributed by atoms with Crippen molar-refractivity contribution < 1.29 is 0 Å². The molecule has 0 amide bonds. The minimum atomic E-state index is 0.862. The van der Waals surface area contributed by atoms with Crippen LogP contribution in [0.25, 0.3) is 6.08 Å². The summed E-state index contributed by atoms with van der Waals surface area (Å²) in [7, 11) is 0. The van der Waals surface area contributed by atoms with Gasteiger partial charge in [0.1, 0.15) is 5.69 Å². The van der Waals surface area contributed by atoms with Crippen molar-refractivity contribution in [2.24, 2.45) is 4.99 Å². The van der Waals surface area contributed by atoms with Crippen LogP contribution in [0.3, 0.4) is 0 Å². The van der Waals surface area contributed by atoms with Crippen molar-refractivity contribution >= 4 is 17.6 Å². The molecule has 0 saturated carbocycles. The van der Waals surface area contributed by atoms with Crippen molar-refractivity contribution in [3.8, 4) is 0 Å². The Morgan fingerprint density at radius 2 is 1.86 bits per heavy atom. The van der Waals surface area contributed by atoms with Crippen molar-refractivity contribution in [2.45, 2.75) is 27.7 Å². The minimum Gasteiger partial charge on any atom is -0.254 e. The van der Waals surface area contributed by atoms with Gasteiger partial charge in [-0.2, -0.15) is 4.99 Å². The quantitative estimate of drug-likeness (QED) is 0.580. The van der Waals surface area contributed by atoms with Crippen LogP contribution < -0.4 is 0 Å². The van der Waals surface area contributed by atoms with Crippen LogP contribution in [0, 0.1) is 0 Å². The molecule has 2 heterocycles. The van der Waals surface area contributed by atoms with E-state index >= 15 is 0 Å². The molecule has 0 unspecified atom stereocenters. The summed E-state index contributed by atoms with van der Waals surface area (Å²) in [4.78, 5) is 8.01. The normalized spacial score (nSPS) is 9.14. The Morgan fingerprint density at radius 3 is 2.50 bits per heavy atom. The number of pyridine rings is 1. The largest absolute Gasteiger partial charge is 0.254 e. The lowest BCUT2D eigenvalue weighted by Gasteiger charge is -1.95. The molecule has 0 fully saturated rings. The second-order valence-electron chi connectivity index (χ2n) is 1.92. The van der Waals surface area contributed by atoms with Crippen LogP contribution in [0.4, 0.5) is 5.69 Å². The summed E-state index contributed by atoms with van der Waals surface area (Å²) in [6.07, 6.45) is 3.50. The van der Waals surface area contributed by atoms with E-state index in [1.165, 1.54) is 0 Å². The van der Waals surface area contributed by atoms with E-state index in [0.29, 0.717) is 0 Å². The molecule has 0 aromatic carbocycles. The first-order valence-electron chi connectivity index (χ1n) is 4.96. The molecule has 14 heavy (non-hydrogen) atoms. The zero-order valence-electron chi connectivity index (χ0n) is 9.20. The van der Waals surface area contributed by atoms with Gasteiger partial charge in [0.15, 0.2) is 0 Å². The molecule has 1 aliphatic heterocycles. The van der Waals surface area contributed by atoms with E-state index in [-0.39, 0.29) is 0 Å². The monoisotopic (exact) mass is 188 g/mol. The molecular weight excluding hydrogens is 172 g/mol. The second-order valence-corrected chi connectivity index (χ2v) is 1.92. The summed E-state index contributed by atoms with van der Waals surface area (Å²) in [6, 6.07) is 3.75. The zero-order chi connectivity index (χ0) is 10.8. The molecule has 2 nitrogen and oxygen atoms in total. The van der Waals surface area contributed by atoms with E-state index in [0.717, 1.165) is 11.4 Å². The van der Waals surface area contributed by atoms with Crippen molar-refractivity contribution in [3.63, 3.8) is 0 Å². The van der Waals surface area contributed by atoms with Crippen LogP contribution in [-0.4, -0.2) is 10.9 Å². The van der Waals surface area contributed by atoms with Crippen molar-refractivity contribution in [2.75, 3.05) is 0 Å². The van der Waals surface area contributed by atoms with E-state index in [1.54, 1.807) is 12.3 Å². The van der Waals surface area contributed by atoms with Gasteiger partial charge < -0.3 is 0 Å². The van der Waals surface area contributed by atoms with E-state index in [4.69, 9.17) is 0 Å². The molecule has 1 aromatic heterocycles. The summed E-state index contributed by atoms with van der Waals surface area (Å²) in [6.45, 7) is 8.00. The Kier molecular flexibility index (Phi) is 7.07. The van der Waals surface area contributed by atoms with Crippen LogP contribution in [0.15, 0.2) is 29.1 Å². The van der Waals surface area contributed by atoms with E-state index in [2.05, 4.69) is 21.6 Å². The summed E-state index contributed by atoms with van der Waals surface area (Å²) in [5.74, 6) is 2.62. The van der Waals surface area contributed by atoms with Gasteiger partial charge in [-0.3, -0.25) is 4.98 Å². The second kappa shape index (κ2) is 8.00. The number of rotatable bonds is 0. The third-order valence-corrected chi connectivity index (χ3v) is 1.27. The first-order valence-corrected chi connectivity index (χ1v) is 4.96. The van der Waals surface area contributed by atoms with Crippen molar-refractivity contribution in [1.29, 1.82) is 0 Å². The third-order valence-electron chi connectivity index (χ3n) is 1.27. The Balaban J connectivity index is 0.000000379. The average molecular weight is 188 g/mol. The van der Waals surface area contributed by atoms with E-state index in [1.807, 2.05) is 39.8 Å². The highest BCUT2D eigenvalue weighted by molar-refractivity contribution is 5.73. The van der Waals surface area contributed by atoms with Crippen LogP contribution >= 0.6 is 0 Å². The van der Waals surface area contributed by atoms with E-state index in [9.17, 15) is 0 Å². The molecule has 0 N–H and O–H groups in total. The number of nitrogens with zero attached hydrogens (tertiary/aromatic N) is 2. The lowest BCUT2D eigenvalue weighted by molar-refractivity contribution is 1.27. The molecule has 0 radical (unpaired) electrons. The molecule has 74 valence electrons. The van der Waals surface area contributed by atoms with Gasteiger partial charge >= 0.3 is 0 Å². The van der Waals surface area contributed by atoms with Gasteiger partial charge in [0.05, 0.1) is 5.69 Å². The van der Waals surface area contributed by atoms with Gasteiger partial charge in [0.2, 0.25) is 0 Å². The minimum absolute atomic E-state index is 0.862. The fourth-order valence-electron chi connectivity index (χ4n) is 0.808. The highest BCUT2D eigenvalue weighted by Gasteiger charge is 1.97. The number of aromatic nitrogens is 1. The molecule has 0 saturated heterocycles. The lowest BCUT2D eigenvalue weighted by Crippen LogP contribution is -1.80. The Hall–Kier alpha value is -1.62. The van der Waals surface area contributed by atoms with Gasteiger partial charge in [-0.15, -0.1) is 0 Å². The van der Waals surface area contributed by atoms with E-state index < -0.39 is 0 Å². The summed E-state index contributed by atoms with van der Waals surface area (Å²) >= 11 is 0. The standard InChI is InChI=1S/C8H4N2.2C2H6/c1-3-7-8(9-5-1)4-2-6-10-7;2*1-2/h1,3-5H;2*1-2H3. The third kappa shape index (κ3) is 3.40. The zero-order valence-corrected chi connectivity index (χ0v) is 9.20. The first-order chi connectivity index (χ1) is 6.97. The predicted octanol–water partition coefficient (Wildman–Crippen LogP) is 3.62.